The Morgan fingerprint density at radius 1 is 1.16 bits per heavy atom. The molecule has 3 nitrogen and oxygen atoms in total. The maximum Gasteiger partial charge on any atom is 0.333 e. The second-order valence-electron chi connectivity index (χ2n) is 3.59. The van der Waals surface area contributed by atoms with Crippen molar-refractivity contribution in [2.75, 3.05) is 5.32 Å². The quantitative estimate of drug-likeness (QED) is 0.874. The fourth-order valence-electron chi connectivity index (χ4n) is 1.45. The number of alkyl halides is 2. The third-order valence-corrected chi connectivity index (χ3v) is 2.20. The van der Waals surface area contributed by atoms with Gasteiger partial charge in [0.15, 0.2) is 0 Å². The summed E-state index contributed by atoms with van der Waals surface area (Å²) < 4.78 is 50.7. The number of hydrogen-bond acceptors (Lipinski definition) is 2. The topological polar surface area (TPSA) is 29.9 Å². The van der Waals surface area contributed by atoms with Crippen LogP contribution in [0, 0.1) is 11.6 Å². The smallest absolute Gasteiger partial charge is 0.333 e. The molecule has 104 valence electrons. The zero-order chi connectivity index (χ0) is 13.1. The Bertz CT molecular complexity index is 524. The van der Waals surface area contributed by atoms with Crippen molar-refractivity contribution < 1.29 is 17.6 Å². The SMILES string of the molecule is Cl.Fc1cc(F)cc(CNc2ccn(C(F)F)n2)c1. The predicted molar refractivity (Wildman–Crippen MR) is 64.4 cm³/mol. The van der Waals surface area contributed by atoms with Crippen LogP contribution in [0.3, 0.4) is 0 Å². The van der Waals surface area contributed by atoms with Crippen LogP contribution in [-0.2, 0) is 6.54 Å². The van der Waals surface area contributed by atoms with E-state index in [4.69, 9.17) is 0 Å². The highest BCUT2D eigenvalue weighted by Gasteiger charge is 2.07. The van der Waals surface area contributed by atoms with Crippen LogP contribution >= 0.6 is 12.4 Å². The maximum absolute atomic E-state index is 12.9. The molecule has 1 aromatic heterocycles. The summed E-state index contributed by atoms with van der Waals surface area (Å²) in [7, 11) is 0. The van der Waals surface area contributed by atoms with Crippen LogP contribution in [0.15, 0.2) is 30.5 Å². The highest BCUT2D eigenvalue weighted by molar-refractivity contribution is 5.85. The van der Waals surface area contributed by atoms with Crippen LogP contribution < -0.4 is 5.32 Å². The number of anilines is 1. The van der Waals surface area contributed by atoms with Gasteiger partial charge < -0.3 is 5.32 Å². The van der Waals surface area contributed by atoms with Crippen LogP contribution in [0.4, 0.5) is 23.4 Å². The number of hydrogen-bond donors (Lipinski definition) is 1. The summed E-state index contributed by atoms with van der Waals surface area (Å²) in [5, 5.41) is 6.23. The number of halogens is 5. The fraction of sp³-hybridized carbons (Fsp3) is 0.182. The van der Waals surface area contributed by atoms with E-state index < -0.39 is 18.2 Å². The third-order valence-electron chi connectivity index (χ3n) is 2.20. The van der Waals surface area contributed by atoms with E-state index in [0.29, 0.717) is 10.2 Å². The van der Waals surface area contributed by atoms with Crippen molar-refractivity contribution in [1.29, 1.82) is 0 Å². The fourth-order valence-corrected chi connectivity index (χ4v) is 1.45. The van der Waals surface area contributed by atoms with Gasteiger partial charge in [-0.2, -0.15) is 13.9 Å². The van der Waals surface area contributed by atoms with E-state index in [1.165, 1.54) is 6.07 Å². The van der Waals surface area contributed by atoms with Crippen molar-refractivity contribution in [2.45, 2.75) is 13.1 Å². The van der Waals surface area contributed by atoms with Gasteiger partial charge in [0.1, 0.15) is 17.5 Å². The molecule has 2 rings (SSSR count). The van der Waals surface area contributed by atoms with Gasteiger partial charge in [0, 0.05) is 24.9 Å². The lowest BCUT2D eigenvalue weighted by atomic mass is 10.2. The molecule has 0 saturated carbocycles. The lowest BCUT2D eigenvalue weighted by Crippen LogP contribution is -2.03. The third kappa shape index (κ3) is 4.13. The monoisotopic (exact) mass is 295 g/mol. The van der Waals surface area contributed by atoms with Gasteiger partial charge >= 0.3 is 6.55 Å². The summed E-state index contributed by atoms with van der Waals surface area (Å²) in [6.45, 7) is -2.62. The molecular formula is C11H10ClF4N3. The van der Waals surface area contributed by atoms with Crippen molar-refractivity contribution in [3.05, 3.63) is 47.7 Å². The summed E-state index contributed by atoms with van der Waals surface area (Å²) in [6.07, 6.45) is 1.11. The van der Waals surface area contributed by atoms with Gasteiger partial charge in [-0.3, -0.25) is 0 Å². The minimum absolute atomic E-state index is 0. The summed E-state index contributed by atoms with van der Waals surface area (Å²) in [6, 6.07) is 4.41. The second kappa shape index (κ2) is 6.42. The lowest BCUT2D eigenvalue weighted by Gasteiger charge is -2.04. The Hall–Kier alpha value is -1.76. The Balaban J connectivity index is 0.00000180. The molecule has 0 atom stereocenters. The second-order valence-corrected chi connectivity index (χ2v) is 3.59. The Morgan fingerprint density at radius 2 is 1.79 bits per heavy atom. The zero-order valence-corrected chi connectivity index (χ0v) is 10.3. The van der Waals surface area contributed by atoms with Crippen molar-refractivity contribution in [1.82, 2.24) is 9.78 Å². The molecular weight excluding hydrogens is 286 g/mol. The van der Waals surface area contributed by atoms with Crippen molar-refractivity contribution in [3.8, 4) is 0 Å². The van der Waals surface area contributed by atoms with Gasteiger partial charge in [-0.05, 0) is 17.7 Å². The molecule has 8 heteroatoms. The summed E-state index contributed by atoms with van der Waals surface area (Å²) in [5.41, 5.74) is 0.360. The summed E-state index contributed by atoms with van der Waals surface area (Å²) in [5.74, 6) is -1.17. The predicted octanol–water partition coefficient (Wildman–Crippen LogP) is 3.59. The first kappa shape index (κ1) is 15.3. The molecule has 0 aliphatic heterocycles. The maximum atomic E-state index is 12.9. The highest BCUT2D eigenvalue weighted by Crippen LogP contribution is 2.13. The minimum Gasteiger partial charge on any atom is -0.365 e. The van der Waals surface area contributed by atoms with Gasteiger partial charge in [-0.25, -0.2) is 13.5 Å². The van der Waals surface area contributed by atoms with Crippen LogP contribution in [0.1, 0.15) is 12.1 Å². The Labute approximate surface area is 112 Å². The molecule has 0 fully saturated rings. The molecule has 2 aromatic rings. The number of aromatic nitrogens is 2. The number of benzene rings is 1. The Morgan fingerprint density at radius 3 is 2.32 bits per heavy atom. The van der Waals surface area contributed by atoms with Crippen molar-refractivity contribution in [3.63, 3.8) is 0 Å². The van der Waals surface area contributed by atoms with E-state index in [0.717, 1.165) is 24.4 Å². The molecule has 0 spiro atoms. The molecule has 1 heterocycles. The summed E-state index contributed by atoms with van der Waals surface area (Å²) >= 11 is 0. The molecule has 0 amide bonds. The molecule has 1 N–H and O–H groups in total. The van der Waals surface area contributed by atoms with Crippen molar-refractivity contribution in [2.24, 2.45) is 0 Å². The van der Waals surface area contributed by atoms with Crippen LogP contribution in [-0.4, -0.2) is 9.78 Å². The van der Waals surface area contributed by atoms with Crippen LogP contribution in [0.5, 0.6) is 0 Å². The molecule has 0 aliphatic rings. The standard InChI is InChI=1S/C11H9F4N3.ClH/c12-8-3-7(4-9(13)5-8)6-16-10-1-2-18(17-10)11(14)15;/h1-5,11H,6H2,(H,16,17);1H. The van der Waals surface area contributed by atoms with E-state index in [1.54, 1.807) is 0 Å². The molecule has 19 heavy (non-hydrogen) atoms. The molecule has 0 bridgehead atoms. The first-order chi connectivity index (χ1) is 8.54. The first-order valence-corrected chi connectivity index (χ1v) is 5.07. The van der Waals surface area contributed by atoms with E-state index in [9.17, 15) is 17.6 Å². The molecule has 0 radical (unpaired) electrons. The normalized spacial score (nSPS) is 10.4. The number of nitrogens with zero attached hydrogens (tertiary/aromatic N) is 2. The molecule has 0 unspecified atom stereocenters. The zero-order valence-electron chi connectivity index (χ0n) is 9.49. The molecule has 1 aromatic carbocycles. The molecule has 0 saturated heterocycles. The van der Waals surface area contributed by atoms with E-state index >= 15 is 0 Å². The van der Waals surface area contributed by atoms with E-state index in [-0.39, 0.29) is 24.8 Å². The average Bonchev–Trinajstić information content (AvgIpc) is 2.73. The lowest BCUT2D eigenvalue weighted by molar-refractivity contribution is 0.0569. The van der Waals surface area contributed by atoms with Gasteiger partial charge in [0.25, 0.3) is 0 Å². The minimum atomic E-state index is -2.72. The Kier molecular flexibility index (Phi) is 5.17. The van der Waals surface area contributed by atoms with E-state index in [2.05, 4.69) is 10.4 Å². The first-order valence-electron chi connectivity index (χ1n) is 5.07. The number of nitrogens with one attached hydrogen (secondary N) is 1. The van der Waals surface area contributed by atoms with E-state index in [1.807, 2.05) is 0 Å². The summed E-state index contributed by atoms with van der Waals surface area (Å²) in [4.78, 5) is 0. The largest absolute Gasteiger partial charge is 0.365 e. The van der Waals surface area contributed by atoms with Gasteiger partial charge in [0.2, 0.25) is 0 Å². The van der Waals surface area contributed by atoms with Gasteiger partial charge in [0.05, 0.1) is 0 Å². The average molecular weight is 296 g/mol. The number of rotatable bonds is 4. The van der Waals surface area contributed by atoms with Crippen LogP contribution in [0.25, 0.3) is 0 Å². The highest BCUT2D eigenvalue weighted by atomic mass is 35.5. The molecule has 0 aliphatic carbocycles. The van der Waals surface area contributed by atoms with Gasteiger partial charge in [-0.1, -0.05) is 0 Å². The van der Waals surface area contributed by atoms with Gasteiger partial charge in [-0.15, -0.1) is 12.4 Å². The van der Waals surface area contributed by atoms with Crippen LogP contribution in [0.2, 0.25) is 0 Å². The van der Waals surface area contributed by atoms with Crippen molar-refractivity contribution >= 4 is 18.2 Å².